The maximum absolute atomic E-state index is 8.64. The van der Waals surface area contributed by atoms with Crippen molar-refractivity contribution in [2.45, 2.75) is 13.0 Å². The van der Waals surface area contributed by atoms with Crippen LogP contribution in [0.1, 0.15) is 11.1 Å². The van der Waals surface area contributed by atoms with Crippen LogP contribution >= 0.6 is 0 Å². The molecule has 0 saturated carbocycles. The summed E-state index contributed by atoms with van der Waals surface area (Å²) in [5, 5.41) is 11.9. The summed E-state index contributed by atoms with van der Waals surface area (Å²) in [5.74, 6) is 1.50. The second-order valence-corrected chi connectivity index (χ2v) is 5.58. The van der Waals surface area contributed by atoms with E-state index in [-0.39, 0.29) is 6.61 Å². The van der Waals surface area contributed by atoms with Gasteiger partial charge in [0.25, 0.3) is 0 Å². The van der Waals surface area contributed by atoms with Crippen molar-refractivity contribution in [3.05, 3.63) is 59.7 Å². The van der Waals surface area contributed by atoms with E-state index in [1.165, 1.54) is 5.56 Å². The van der Waals surface area contributed by atoms with E-state index < -0.39 is 0 Å². The van der Waals surface area contributed by atoms with Gasteiger partial charge in [0.15, 0.2) is 11.5 Å². The lowest BCUT2D eigenvalue weighted by molar-refractivity contribution is 0.0938. The van der Waals surface area contributed by atoms with Gasteiger partial charge in [-0.25, -0.2) is 0 Å². The molecule has 0 aromatic heterocycles. The molecule has 0 aliphatic heterocycles. The first kappa shape index (κ1) is 19.2. The van der Waals surface area contributed by atoms with Crippen molar-refractivity contribution in [1.29, 1.82) is 0 Å². The van der Waals surface area contributed by atoms with E-state index in [1.807, 2.05) is 36.4 Å². The zero-order chi connectivity index (χ0) is 17.7. The molecule has 5 nitrogen and oxygen atoms in total. The molecular weight excluding hydrogens is 318 g/mol. The Balaban J connectivity index is 1.78. The predicted molar refractivity (Wildman–Crippen MR) is 98.2 cm³/mol. The minimum atomic E-state index is 0.0585. The van der Waals surface area contributed by atoms with Crippen molar-refractivity contribution in [3.63, 3.8) is 0 Å². The highest BCUT2D eigenvalue weighted by Gasteiger charge is 2.06. The van der Waals surface area contributed by atoms with Gasteiger partial charge in [0.2, 0.25) is 0 Å². The summed E-state index contributed by atoms with van der Waals surface area (Å²) in [6, 6.07) is 16.2. The first-order chi connectivity index (χ1) is 12.3. The molecule has 2 rings (SSSR count). The van der Waals surface area contributed by atoms with E-state index >= 15 is 0 Å². The zero-order valence-electron chi connectivity index (χ0n) is 14.7. The monoisotopic (exact) mass is 345 g/mol. The quantitative estimate of drug-likeness (QED) is 0.579. The Morgan fingerprint density at radius 1 is 0.920 bits per heavy atom. The number of benzene rings is 2. The first-order valence-electron chi connectivity index (χ1n) is 8.56. The van der Waals surface area contributed by atoms with E-state index in [1.54, 1.807) is 7.11 Å². The standard InChI is InChI=1S/C20H27NO4/c1-23-20-15-18(16-21-10-13-24-14-11-22)7-8-19(20)25-12-9-17-5-3-2-4-6-17/h2-8,15,21-22H,9-14,16H2,1H3. The number of nitrogens with one attached hydrogen (secondary N) is 1. The third-order valence-electron chi connectivity index (χ3n) is 3.71. The molecule has 0 bridgehead atoms. The molecule has 136 valence electrons. The molecule has 0 aliphatic carbocycles. The van der Waals surface area contributed by atoms with Gasteiger partial charge in [-0.3, -0.25) is 0 Å². The van der Waals surface area contributed by atoms with Crippen LogP contribution in [0, 0.1) is 0 Å². The van der Waals surface area contributed by atoms with E-state index in [4.69, 9.17) is 19.3 Å². The largest absolute Gasteiger partial charge is 0.493 e. The van der Waals surface area contributed by atoms with Crippen molar-refractivity contribution >= 4 is 0 Å². The van der Waals surface area contributed by atoms with Gasteiger partial charge in [-0.05, 0) is 23.3 Å². The molecule has 0 radical (unpaired) electrons. The Morgan fingerprint density at radius 3 is 2.52 bits per heavy atom. The maximum atomic E-state index is 8.64. The van der Waals surface area contributed by atoms with E-state index in [0.29, 0.717) is 19.8 Å². The van der Waals surface area contributed by atoms with Crippen LogP contribution in [0.15, 0.2) is 48.5 Å². The van der Waals surface area contributed by atoms with Gasteiger partial charge in [-0.1, -0.05) is 36.4 Å². The summed E-state index contributed by atoms with van der Waals surface area (Å²) in [5.41, 5.74) is 2.38. The second kappa shape index (κ2) is 11.5. The van der Waals surface area contributed by atoms with Crippen molar-refractivity contribution in [2.75, 3.05) is 40.1 Å². The van der Waals surface area contributed by atoms with Crippen molar-refractivity contribution < 1.29 is 19.3 Å². The van der Waals surface area contributed by atoms with Gasteiger partial charge in [0.05, 0.1) is 33.5 Å². The van der Waals surface area contributed by atoms with Crippen molar-refractivity contribution in [2.24, 2.45) is 0 Å². The zero-order valence-corrected chi connectivity index (χ0v) is 14.7. The summed E-state index contributed by atoms with van der Waals surface area (Å²) in [4.78, 5) is 0. The van der Waals surface area contributed by atoms with E-state index in [2.05, 4.69) is 17.4 Å². The van der Waals surface area contributed by atoms with Gasteiger partial charge in [0.1, 0.15) is 0 Å². The molecule has 0 heterocycles. The molecule has 0 saturated heterocycles. The predicted octanol–water partition coefficient (Wildman–Crippen LogP) is 2.42. The highest BCUT2D eigenvalue weighted by molar-refractivity contribution is 5.43. The summed E-state index contributed by atoms with van der Waals surface area (Å²) in [6.45, 7) is 3.09. The Morgan fingerprint density at radius 2 is 1.76 bits per heavy atom. The molecule has 0 aliphatic rings. The van der Waals surface area contributed by atoms with Crippen molar-refractivity contribution in [1.82, 2.24) is 5.32 Å². The lowest BCUT2D eigenvalue weighted by atomic mass is 10.1. The van der Waals surface area contributed by atoms with Crippen LogP contribution in [0.4, 0.5) is 0 Å². The van der Waals surface area contributed by atoms with Gasteiger partial charge in [-0.15, -0.1) is 0 Å². The minimum absolute atomic E-state index is 0.0585. The summed E-state index contributed by atoms with van der Waals surface area (Å²) >= 11 is 0. The third-order valence-corrected chi connectivity index (χ3v) is 3.71. The van der Waals surface area contributed by atoms with Gasteiger partial charge in [-0.2, -0.15) is 0 Å². The Hall–Kier alpha value is -2.08. The maximum Gasteiger partial charge on any atom is 0.161 e. The molecule has 0 amide bonds. The van der Waals surface area contributed by atoms with Gasteiger partial charge >= 0.3 is 0 Å². The number of hydrogen-bond acceptors (Lipinski definition) is 5. The Kier molecular flexibility index (Phi) is 8.83. The highest BCUT2D eigenvalue weighted by atomic mass is 16.5. The molecule has 2 N–H and O–H groups in total. The van der Waals surface area contributed by atoms with Crippen LogP contribution in [0.25, 0.3) is 0 Å². The van der Waals surface area contributed by atoms with Crippen LogP contribution < -0.4 is 14.8 Å². The number of methoxy groups -OCH3 is 1. The number of aliphatic hydroxyl groups excluding tert-OH is 1. The second-order valence-electron chi connectivity index (χ2n) is 5.58. The van der Waals surface area contributed by atoms with E-state index in [9.17, 15) is 0 Å². The molecule has 0 unspecified atom stereocenters. The third kappa shape index (κ3) is 7.13. The van der Waals surface area contributed by atoms with Crippen LogP contribution in [0.2, 0.25) is 0 Å². The molecule has 5 heteroatoms. The number of hydrogen-bond donors (Lipinski definition) is 2. The molecule has 2 aromatic rings. The van der Waals surface area contributed by atoms with E-state index in [0.717, 1.165) is 36.6 Å². The average molecular weight is 345 g/mol. The van der Waals surface area contributed by atoms with Crippen LogP contribution in [-0.4, -0.2) is 45.2 Å². The minimum Gasteiger partial charge on any atom is -0.493 e. The number of rotatable bonds is 12. The summed E-state index contributed by atoms with van der Waals surface area (Å²) < 4.78 is 16.5. The smallest absolute Gasteiger partial charge is 0.161 e. The van der Waals surface area contributed by atoms with Crippen LogP contribution in [-0.2, 0) is 17.7 Å². The fraction of sp³-hybridized carbons (Fsp3) is 0.400. The Labute approximate surface area is 149 Å². The number of aliphatic hydroxyl groups is 1. The normalized spacial score (nSPS) is 10.6. The molecular formula is C20H27NO4. The summed E-state index contributed by atoms with van der Waals surface area (Å²) in [7, 11) is 1.65. The van der Waals surface area contributed by atoms with Crippen LogP contribution in [0.5, 0.6) is 11.5 Å². The lowest BCUT2D eigenvalue weighted by Crippen LogP contribution is -2.20. The average Bonchev–Trinajstić information content (AvgIpc) is 2.66. The first-order valence-corrected chi connectivity index (χ1v) is 8.56. The van der Waals surface area contributed by atoms with Gasteiger partial charge in [0, 0.05) is 19.5 Å². The fourth-order valence-electron chi connectivity index (χ4n) is 2.41. The van der Waals surface area contributed by atoms with Crippen molar-refractivity contribution in [3.8, 4) is 11.5 Å². The van der Waals surface area contributed by atoms with Crippen LogP contribution in [0.3, 0.4) is 0 Å². The molecule has 25 heavy (non-hydrogen) atoms. The fourth-order valence-corrected chi connectivity index (χ4v) is 2.41. The Bertz CT molecular complexity index is 604. The van der Waals surface area contributed by atoms with Gasteiger partial charge < -0.3 is 24.6 Å². The molecule has 0 fully saturated rings. The summed E-state index contributed by atoms with van der Waals surface area (Å²) in [6.07, 6.45) is 0.862. The number of ether oxygens (including phenoxy) is 3. The lowest BCUT2D eigenvalue weighted by Gasteiger charge is -2.13. The SMILES string of the molecule is COc1cc(CNCCOCCO)ccc1OCCc1ccccc1. The highest BCUT2D eigenvalue weighted by Crippen LogP contribution is 2.28. The molecule has 0 atom stereocenters. The topological polar surface area (TPSA) is 60.0 Å². The molecule has 2 aromatic carbocycles. The molecule has 0 spiro atoms.